The first-order valence-corrected chi connectivity index (χ1v) is 13.8. The Kier molecular flexibility index (Phi) is 10.0. The third-order valence-electron chi connectivity index (χ3n) is 6.84. The minimum atomic E-state index is -0.652. The van der Waals surface area contributed by atoms with Gasteiger partial charge in [0.2, 0.25) is 23.1 Å². The molecule has 0 bridgehead atoms. The monoisotopic (exact) mass is 574 g/mol. The fourth-order valence-corrected chi connectivity index (χ4v) is 4.30. The molecule has 7 heteroatoms. The maximum absolute atomic E-state index is 12.7. The Morgan fingerprint density at radius 1 is 0.419 bits per heavy atom. The van der Waals surface area contributed by atoms with Crippen molar-refractivity contribution in [3.8, 4) is 11.5 Å². The number of hydrogen-bond acceptors (Lipinski definition) is 7. The molecule has 4 rings (SSSR count). The van der Waals surface area contributed by atoms with E-state index in [1.165, 1.54) is 38.1 Å². The number of aryl methyl sites for hydroxylation is 2. The number of hydrogen-bond donors (Lipinski definition) is 0. The molecule has 0 heterocycles. The highest BCUT2D eigenvalue weighted by Crippen LogP contribution is 2.23. The minimum absolute atomic E-state index is 0.0866. The molecular weight excluding hydrogens is 544 g/mol. The van der Waals surface area contributed by atoms with Crippen LogP contribution in [0.5, 0.6) is 11.5 Å². The van der Waals surface area contributed by atoms with Crippen LogP contribution in [-0.4, -0.2) is 34.7 Å². The lowest BCUT2D eigenvalue weighted by Gasteiger charge is -2.08. The van der Waals surface area contributed by atoms with Gasteiger partial charge in [-0.1, -0.05) is 48.5 Å². The molecule has 7 nitrogen and oxygen atoms in total. The number of rotatable bonds is 14. The zero-order chi connectivity index (χ0) is 30.9. The number of ether oxygens (including phenoxy) is 1. The molecule has 0 radical (unpaired) electrons. The zero-order valence-electron chi connectivity index (χ0n) is 23.9. The summed E-state index contributed by atoms with van der Waals surface area (Å²) in [6, 6.07) is 25.6. The van der Waals surface area contributed by atoms with Crippen LogP contribution in [0.3, 0.4) is 0 Å². The standard InChI is InChI=1S/C36H30O7/c1-23(37)3-5-25-7-11-27(12-8-25)33(39)35(41)29-15-19-31(20-16-29)43-32-21-17-30(18-22-32)36(42)34(40)28-13-9-26(10-14-28)6-4-24(2)38/h7-22H,3-6H2,1-2H3. The highest BCUT2D eigenvalue weighted by Gasteiger charge is 2.20. The summed E-state index contributed by atoms with van der Waals surface area (Å²) in [6.07, 6.45) is 2.00. The second-order valence-electron chi connectivity index (χ2n) is 10.3. The van der Waals surface area contributed by atoms with E-state index < -0.39 is 23.1 Å². The molecular formula is C36H30O7. The van der Waals surface area contributed by atoms with Crippen LogP contribution in [0.2, 0.25) is 0 Å². The van der Waals surface area contributed by atoms with E-state index in [4.69, 9.17) is 4.74 Å². The third kappa shape index (κ3) is 8.36. The second-order valence-corrected chi connectivity index (χ2v) is 10.3. The lowest BCUT2D eigenvalue weighted by atomic mass is 9.99. The Hall–Kier alpha value is -5.30. The maximum atomic E-state index is 12.7. The highest BCUT2D eigenvalue weighted by molar-refractivity contribution is 6.49. The van der Waals surface area contributed by atoms with Gasteiger partial charge in [-0.2, -0.15) is 0 Å². The van der Waals surface area contributed by atoms with Crippen LogP contribution >= 0.6 is 0 Å². The molecule has 0 saturated heterocycles. The van der Waals surface area contributed by atoms with Crippen LogP contribution in [-0.2, 0) is 22.4 Å². The van der Waals surface area contributed by atoms with Crippen LogP contribution < -0.4 is 4.74 Å². The summed E-state index contributed by atoms with van der Waals surface area (Å²) in [5, 5.41) is 0. The van der Waals surface area contributed by atoms with Crippen molar-refractivity contribution in [1.29, 1.82) is 0 Å². The average Bonchev–Trinajstić information content (AvgIpc) is 3.02. The van der Waals surface area contributed by atoms with Crippen molar-refractivity contribution < 1.29 is 33.5 Å². The molecule has 0 amide bonds. The van der Waals surface area contributed by atoms with E-state index in [0.717, 1.165) is 11.1 Å². The van der Waals surface area contributed by atoms with Crippen molar-refractivity contribution in [2.24, 2.45) is 0 Å². The van der Waals surface area contributed by atoms with Gasteiger partial charge in [0.05, 0.1) is 0 Å². The molecule has 0 aliphatic carbocycles. The topological polar surface area (TPSA) is 112 Å². The summed E-state index contributed by atoms with van der Waals surface area (Å²) in [6.45, 7) is 3.05. The normalized spacial score (nSPS) is 10.6. The van der Waals surface area contributed by atoms with E-state index in [-0.39, 0.29) is 33.8 Å². The Balaban J connectivity index is 1.33. The first-order chi connectivity index (χ1) is 20.6. The van der Waals surface area contributed by atoms with Gasteiger partial charge in [0, 0.05) is 35.1 Å². The van der Waals surface area contributed by atoms with Crippen molar-refractivity contribution in [3.63, 3.8) is 0 Å². The summed E-state index contributed by atoms with van der Waals surface area (Å²) in [4.78, 5) is 73.2. The largest absolute Gasteiger partial charge is 0.457 e. The molecule has 0 aromatic heterocycles. The van der Waals surface area contributed by atoms with Crippen molar-refractivity contribution in [2.75, 3.05) is 0 Å². The Morgan fingerprint density at radius 2 is 0.674 bits per heavy atom. The fourth-order valence-electron chi connectivity index (χ4n) is 4.30. The number of carbonyl (C=O) groups excluding carboxylic acids is 6. The van der Waals surface area contributed by atoms with Crippen LogP contribution in [0.15, 0.2) is 97.1 Å². The molecule has 0 aliphatic heterocycles. The van der Waals surface area contributed by atoms with Crippen LogP contribution in [0.25, 0.3) is 0 Å². The van der Waals surface area contributed by atoms with Gasteiger partial charge < -0.3 is 14.3 Å². The second kappa shape index (κ2) is 14.0. The molecule has 0 atom stereocenters. The first kappa shape index (κ1) is 30.7. The van der Waals surface area contributed by atoms with E-state index in [0.29, 0.717) is 37.2 Å². The maximum Gasteiger partial charge on any atom is 0.233 e. The summed E-state index contributed by atoms with van der Waals surface area (Å²) in [5.74, 6) is -1.57. The highest BCUT2D eigenvalue weighted by atomic mass is 16.5. The summed E-state index contributed by atoms with van der Waals surface area (Å²) >= 11 is 0. The van der Waals surface area contributed by atoms with Crippen LogP contribution in [0.4, 0.5) is 0 Å². The van der Waals surface area contributed by atoms with E-state index >= 15 is 0 Å². The molecule has 0 N–H and O–H groups in total. The Bertz CT molecular complexity index is 1540. The summed E-state index contributed by atoms with van der Waals surface area (Å²) < 4.78 is 5.80. The predicted octanol–water partition coefficient (Wildman–Crippen LogP) is 6.65. The van der Waals surface area contributed by atoms with Gasteiger partial charge in [0.15, 0.2) is 0 Å². The molecule has 4 aromatic rings. The van der Waals surface area contributed by atoms with Crippen LogP contribution in [0.1, 0.15) is 79.2 Å². The van der Waals surface area contributed by atoms with Crippen molar-refractivity contribution >= 4 is 34.7 Å². The third-order valence-corrected chi connectivity index (χ3v) is 6.84. The van der Waals surface area contributed by atoms with Gasteiger partial charge in [-0.25, -0.2) is 0 Å². The summed E-state index contributed by atoms with van der Waals surface area (Å²) in [5.41, 5.74) is 2.79. The molecule has 0 unspecified atom stereocenters. The van der Waals surface area contributed by atoms with E-state index in [1.54, 1.807) is 72.8 Å². The van der Waals surface area contributed by atoms with E-state index in [9.17, 15) is 28.8 Å². The fraction of sp³-hybridized carbons (Fsp3) is 0.167. The van der Waals surface area contributed by atoms with Gasteiger partial charge in [-0.05, 0) is 86.3 Å². The number of carbonyl (C=O) groups is 6. The SMILES string of the molecule is CC(=O)CCc1ccc(C(=O)C(=O)c2ccc(Oc3ccc(C(=O)C(=O)c4ccc(CCC(C)=O)cc4)cc3)cc2)cc1. The molecule has 4 aromatic carbocycles. The van der Waals surface area contributed by atoms with Gasteiger partial charge in [-0.15, -0.1) is 0 Å². The van der Waals surface area contributed by atoms with Gasteiger partial charge in [0.1, 0.15) is 23.1 Å². The summed E-state index contributed by atoms with van der Waals surface area (Å²) in [7, 11) is 0. The molecule has 0 spiro atoms. The number of ketones is 6. The quantitative estimate of drug-likeness (QED) is 0.122. The first-order valence-electron chi connectivity index (χ1n) is 13.8. The lowest BCUT2D eigenvalue weighted by Crippen LogP contribution is -2.14. The Labute approximate surface area is 249 Å². The minimum Gasteiger partial charge on any atom is -0.457 e. The van der Waals surface area contributed by atoms with Crippen molar-refractivity contribution in [3.05, 3.63) is 130 Å². The number of benzene rings is 4. The van der Waals surface area contributed by atoms with Gasteiger partial charge in [-0.3, -0.25) is 19.2 Å². The molecule has 216 valence electrons. The molecule has 0 fully saturated rings. The average molecular weight is 575 g/mol. The Morgan fingerprint density at radius 3 is 0.930 bits per heavy atom. The zero-order valence-corrected chi connectivity index (χ0v) is 23.9. The van der Waals surface area contributed by atoms with Gasteiger partial charge in [0.25, 0.3) is 0 Å². The van der Waals surface area contributed by atoms with E-state index in [1.807, 2.05) is 0 Å². The van der Waals surface area contributed by atoms with Crippen molar-refractivity contribution in [2.45, 2.75) is 39.5 Å². The van der Waals surface area contributed by atoms with Gasteiger partial charge >= 0.3 is 0 Å². The van der Waals surface area contributed by atoms with Crippen molar-refractivity contribution in [1.82, 2.24) is 0 Å². The lowest BCUT2D eigenvalue weighted by molar-refractivity contribution is -0.117. The molecule has 43 heavy (non-hydrogen) atoms. The molecule has 0 aliphatic rings. The number of Topliss-reactive ketones (excluding diaryl/α,β-unsaturated/α-hetero) is 6. The molecule has 0 saturated carbocycles. The predicted molar refractivity (Wildman–Crippen MR) is 161 cm³/mol. The van der Waals surface area contributed by atoms with Crippen LogP contribution in [0, 0.1) is 0 Å². The smallest absolute Gasteiger partial charge is 0.233 e. The van der Waals surface area contributed by atoms with E-state index in [2.05, 4.69) is 0 Å².